The van der Waals surface area contributed by atoms with Crippen LogP contribution in [0.4, 0.5) is 15.5 Å². The van der Waals surface area contributed by atoms with Crippen LogP contribution in [0.1, 0.15) is 28.1 Å². The maximum atomic E-state index is 12.3. The first-order valence-corrected chi connectivity index (χ1v) is 12.2. The van der Waals surface area contributed by atoms with Gasteiger partial charge in [-0.1, -0.05) is 60.7 Å². The summed E-state index contributed by atoms with van der Waals surface area (Å²) >= 11 is 0. The Hall–Kier alpha value is -5.33. The molecule has 3 aromatic rings. The lowest BCUT2D eigenvalue weighted by Crippen LogP contribution is -2.48. The van der Waals surface area contributed by atoms with E-state index in [1.54, 1.807) is 30.3 Å². The van der Waals surface area contributed by atoms with Gasteiger partial charge in [-0.25, -0.2) is 14.4 Å². The Bertz CT molecular complexity index is 1300. The number of urea groups is 1. The minimum Gasteiger partial charge on any atom is -0.480 e. The zero-order valence-corrected chi connectivity index (χ0v) is 21.3. The second kappa shape index (κ2) is 15.2. The molecule has 2 aromatic carbocycles. The number of carboxylic acid groups (broad SMARTS) is 1. The van der Waals surface area contributed by atoms with E-state index in [-0.39, 0.29) is 37.8 Å². The standard InChI is InChI=1S/C27H29N5O8/c33-22(29-16-20(25(35)36)31-27(38)39-17-19-9-5-2-6-10-19)13-14-28-24(34)21-11-12-23(40-21)32-26(37)30-15-18-7-3-1-4-8-18/h1-12,20H,13-17H2,(H,28,34)(H,29,33)(H,31,38)(H,35,36)(H2,30,32,37)/t20-/m0/s1. The van der Waals surface area contributed by atoms with Crippen molar-refractivity contribution in [3.63, 3.8) is 0 Å². The number of anilines is 1. The monoisotopic (exact) mass is 551 g/mol. The Morgan fingerprint density at radius 3 is 2.17 bits per heavy atom. The third-order valence-corrected chi connectivity index (χ3v) is 5.31. The highest BCUT2D eigenvalue weighted by Gasteiger charge is 2.21. The SMILES string of the molecule is O=C(CCNC(=O)c1ccc(NC(=O)NCc2ccccc2)o1)NC[C@H](NC(=O)OCc1ccccc1)C(=O)O. The molecule has 1 aromatic heterocycles. The number of alkyl carbamates (subject to hydrolysis) is 1. The van der Waals surface area contributed by atoms with Gasteiger partial charge in [0.15, 0.2) is 5.76 Å². The molecule has 13 nitrogen and oxygen atoms in total. The Labute approximate surface area is 229 Å². The number of carbonyl (C=O) groups is 5. The van der Waals surface area contributed by atoms with Gasteiger partial charge >= 0.3 is 18.1 Å². The number of hydrogen-bond acceptors (Lipinski definition) is 7. The van der Waals surface area contributed by atoms with E-state index < -0.39 is 35.9 Å². The molecule has 210 valence electrons. The van der Waals surface area contributed by atoms with E-state index >= 15 is 0 Å². The third-order valence-electron chi connectivity index (χ3n) is 5.31. The number of carboxylic acids is 1. The number of nitrogens with one attached hydrogen (secondary N) is 5. The molecular formula is C27H29N5O8. The van der Waals surface area contributed by atoms with Crippen LogP contribution < -0.4 is 26.6 Å². The van der Waals surface area contributed by atoms with Crippen molar-refractivity contribution in [3.05, 3.63) is 89.7 Å². The van der Waals surface area contributed by atoms with Crippen molar-refractivity contribution in [2.75, 3.05) is 18.4 Å². The number of amides is 5. The molecule has 0 fully saturated rings. The molecule has 0 radical (unpaired) electrons. The van der Waals surface area contributed by atoms with Crippen LogP contribution in [-0.2, 0) is 27.5 Å². The van der Waals surface area contributed by atoms with E-state index in [1.165, 1.54) is 12.1 Å². The van der Waals surface area contributed by atoms with Gasteiger partial charge in [0.05, 0.1) is 0 Å². The van der Waals surface area contributed by atoms with Gasteiger partial charge in [0.2, 0.25) is 11.8 Å². The van der Waals surface area contributed by atoms with Crippen LogP contribution in [-0.4, -0.2) is 54.1 Å². The summed E-state index contributed by atoms with van der Waals surface area (Å²) in [5.41, 5.74) is 1.64. The predicted molar refractivity (Wildman–Crippen MR) is 142 cm³/mol. The topological polar surface area (TPSA) is 188 Å². The van der Waals surface area contributed by atoms with Crippen LogP contribution >= 0.6 is 0 Å². The summed E-state index contributed by atoms with van der Waals surface area (Å²) in [6.45, 7) is -0.192. The average molecular weight is 552 g/mol. The molecule has 0 unspecified atom stereocenters. The molecule has 0 aliphatic heterocycles. The number of carbonyl (C=O) groups excluding carboxylic acids is 4. The third kappa shape index (κ3) is 10.2. The van der Waals surface area contributed by atoms with Gasteiger partial charge < -0.3 is 35.5 Å². The van der Waals surface area contributed by atoms with E-state index in [1.807, 2.05) is 30.3 Å². The van der Waals surface area contributed by atoms with Gasteiger partial charge in [-0.2, -0.15) is 0 Å². The first-order valence-electron chi connectivity index (χ1n) is 12.2. The molecule has 40 heavy (non-hydrogen) atoms. The van der Waals surface area contributed by atoms with Gasteiger partial charge in [-0.3, -0.25) is 14.9 Å². The number of ether oxygens (including phenoxy) is 1. The summed E-state index contributed by atoms with van der Waals surface area (Å²) in [7, 11) is 0. The average Bonchev–Trinajstić information content (AvgIpc) is 3.42. The van der Waals surface area contributed by atoms with Crippen molar-refractivity contribution in [1.82, 2.24) is 21.3 Å². The van der Waals surface area contributed by atoms with Crippen molar-refractivity contribution in [2.24, 2.45) is 0 Å². The number of aliphatic carboxylic acids is 1. The highest BCUT2D eigenvalue weighted by atomic mass is 16.5. The van der Waals surface area contributed by atoms with Crippen LogP contribution in [0.25, 0.3) is 0 Å². The first kappa shape index (κ1) is 29.2. The Kier molecular flexibility index (Phi) is 11.1. The highest BCUT2D eigenvalue weighted by molar-refractivity contribution is 5.93. The summed E-state index contributed by atoms with van der Waals surface area (Å²) in [5, 5.41) is 21.5. The summed E-state index contributed by atoms with van der Waals surface area (Å²) in [6.07, 6.45) is -1.11. The van der Waals surface area contributed by atoms with E-state index in [0.29, 0.717) is 6.54 Å². The molecule has 1 heterocycles. The Morgan fingerprint density at radius 1 is 0.825 bits per heavy atom. The number of benzene rings is 2. The quantitative estimate of drug-likeness (QED) is 0.186. The van der Waals surface area contributed by atoms with E-state index in [2.05, 4.69) is 26.6 Å². The van der Waals surface area contributed by atoms with Crippen molar-refractivity contribution >= 4 is 35.8 Å². The van der Waals surface area contributed by atoms with Gasteiger partial charge in [0.25, 0.3) is 5.91 Å². The number of hydrogen-bond donors (Lipinski definition) is 6. The van der Waals surface area contributed by atoms with Crippen LogP contribution in [0.2, 0.25) is 0 Å². The van der Waals surface area contributed by atoms with Crippen molar-refractivity contribution in [3.8, 4) is 0 Å². The summed E-state index contributed by atoms with van der Waals surface area (Å²) in [4.78, 5) is 59.7. The van der Waals surface area contributed by atoms with Gasteiger partial charge in [-0.05, 0) is 17.2 Å². The second-order valence-electron chi connectivity index (χ2n) is 8.36. The largest absolute Gasteiger partial charge is 0.480 e. The van der Waals surface area contributed by atoms with Gasteiger partial charge in [0.1, 0.15) is 12.6 Å². The molecule has 0 bridgehead atoms. The molecule has 1 atom stereocenters. The summed E-state index contributed by atoms with van der Waals surface area (Å²) in [5.74, 6) is -2.55. The number of rotatable bonds is 13. The lowest BCUT2D eigenvalue weighted by atomic mass is 10.2. The zero-order chi connectivity index (χ0) is 28.7. The fourth-order valence-electron chi connectivity index (χ4n) is 3.25. The molecule has 0 spiro atoms. The normalized spacial score (nSPS) is 11.0. The fourth-order valence-corrected chi connectivity index (χ4v) is 3.25. The van der Waals surface area contributed by atoms with E-state index in [9.17, 15) is 29.1 Å². The highest BCUT2D eigenvalue weighted by Crippen LogP contribution is 2.13. The molecule has 0 saturated carbocycles. The summed E-state index contributed by atoms with van der Waals surface area (Å²) < 4.78 is 10.3. The molecular weight excluding hydrogens is 522 g/mol. The van der Waals surface area contributed by atoms with E-state index in [0.717, 1.165) is 11.1 Å². The zero-order valence-electron chi connectivity index (χ0n) is 21.3. The Morgan fingerprint density at radius 2 is 1.50 bits per heavy atom. The first-order chi connectivity index (χ1) is 19.3. The molecule has 0 aliphatic rings. The molecule has 6 N–H and O–H groups in total. The van der Waals surface area contributed by atoms with Crippen LogP contribution in [0.15, 0.2) is 77.2 Å². The molecule has 0 aliphatic carbocycles. The minimum atomic E-state index is -1.42. The van der Waals surface area contributed by atoms with E-state index in [4.69, 9.17) is 9.15 Å². The molecule has 5 amide bonds. The lowest BCUT2D eigenvalue weighted by molar-refractivity contribution is -0.139. The second-order valence-corrected chi connectivity index (χ2v) is 8.36. The fraction of sp³-hybridized carbons (Fsp3) is 0.222. The Balaban J connectivity index is 1.33. The van der Waals surface area contributed by atoms with Gasteiger partial charge in [-0.15, -0.1) is 0 Å². The molecule has 13 heteroatoms. The predicted octanol–water partition coefficient (Wildman–Crippen LogP) is 2.22. The van der Waals surface area contributed by atoms with Crippen LogP contribution in [0.3, 0.4) is 0 Å². The van der Waals surface area contributed by atoms with Gasteiger partial charge in [0, 0.05) is 32.1 Å². The van der Waals surface area contributed by atoms with Crippen molar-refractivity contribution < 1.29 is 38.2 Å². The van der Waals surface area contributed by atoms with Crippen molar-refractivity contribution in [1.29, 1.82) is 0 Å². The van der Waals surface area contributed by atoms with Crippen molar-refractivity contribution in [2.45, 2.75) is 25.6 Å². The lowest BCUT2D eigenvalue weighted by Gasteiger charge is -2.15. The smallest absolute Gasteiger partial charge is 0.408 e. The van der Waals surface area contributed by atoms with Crippen LogP contribution in [0, 0.1) is 0 Å². The number of furan rings is 1. The minimum absolute atomic E-state index is 0.0419. The summed E-state index contributed by atoms with van der Waals surface area (Å²) in [6, 6.07) is 19.0. The van der Waals surface area contributed by atoms with Crippen LogP contribution in [0.5, 0.6) is 0 Å². The molecule has 3 rings (SSSR count). The molecule has 0 saturated heterocycles. The maximum absolute atomic E-state index is 12.3. The maximum Gasteiger partial charge on any atom is 0.408 e.